The average Bonchev–Trinajstić information content (AvgIpc) is 2.86. The van der Waals surface area contributed by atoms with Gasteiger partial charge in [0.25, 0.3) is 0 Å². The second-order valence-corrected chi connectivity index (χ2v) is 5.39. The zero-order valence-electron chi connectivity index (χ0n) is 12.2. The zero-order chi connectivity index (χ0) is 14.7. The molecule has 3 heteroatoms. The molecule has 1 N–H and O–H groups in total. The summed E-state index contributed by atoms with van der Waals surface area (Å²) in [6.45, 7) is 2.87. The van der Waals surface area contributed by atoms with Crippen LogP contribution in [0.2, 0.25) is 0 Å². The first-order chi connectivity index (χ1) is 10.3. The van der Waals surface area contributed by atoms with Crippen LogP contribution in [0.4, 0.5) is 4.79 Å². The predicted molar refractivity (Wildman–Crippen MR) is 83.9 cm³/mol. The highest BCUT2D eigenvalue weighted by Gasteiger charge is 2.40. The van der Waals surface area contributed by atoms with Gasteiger partial charge >= 0.3 is 6.03 Å². The lowest BCUT2D eigenvalue weighted by molar-refractivity contribution is 0.202. The van der Waals surface area contributed by atoms with Crippen molar-refractivity contribution in [1.82, 2.24) is 10.2 Å². The van der Waals surface area contributed by atoms with E-state index in [1.54, 1.807) is 0 Å². The van der Waals surface area contributed by atoms with Crippen molar-refractivity contribution in [2.75, 3.05) is 6.54 Å². The Labute approximate surface area is 125 Å². The molecular formula is C18H20N2O. The number of hydrogen-bond donors (Lipinski definition) is 1. The van der Waals surface area contributed by atoms with Crippen molar-refractivity contribution < 1.29 is 4.79 Å². The Kier molecular flexibility index (Phi) is 3.91. The van der Waals surface area contributed by atoms with Crippen molar-refractivity contribution in [3.05, 3.63) is 71.8 Å². The van der Waals surface area contributed by atoms with E-state index in [-0.39, 0.29) is 18.1 Å². The Morgan fingerprint density at radius 3 is 2.10 bits per heavy atom. The van der Waals surface area contributed by atoms with Gasteiger partial charge in [-0.25, -0.2) is 4.79 Å². The van der Waals surface area contributed by atoms with Gasteiger partial charge in [0.2, 0.25) is 0 Å². The van der Waals surface area contributed by atoms with Crippen LogP contribution in [0.15, 0.2) is 60.7 Å². The predicted octanol–water partition coefficient (Wildman–Crippen LogP) is 3.90. The molecule has 1 aliphatic heterocycles. The van der Waals surface area contributed by atoms with E-state index < -0.39 is 0 Å². The first-order valence-corrected chi connectivity index (χ1v) is 7.48. The second kappa shape index (κ2) is 6.00. The summed E-state index contributed by atoms with van der Waals surface area (Å²) in [5, 5.41) is 3.14. The molecule has 0 aliphatic carbocycles. The smallest absolute Gasteiger partial charge is 0.318 e. The molecule has 1 saturated heterocycles. The van der Waals surface area contributed by atoms with Crippen LogP contribution in [0.5, 0.6) is 0 Å². The molecule has 0 aromatic heterocycles. The Bertz CT molecular complexity index is 597. The van der Waals surface area contributed by atoms with E-state index in [9.17, 15) is 4.79 Å². The van der Waals surface area contributed by atoms with Gasteiger partial charge in [-0.05, 0) is 17.5 Å². The van der Waals surface area contributed by atoms with Crippen molar-refractivity contribution in [2.45, 2.75) is 25.4 Å². The van der Waals surface area contributed by atoms with Crippen molar-refractivity contribution in [1.29, 1.82) is 0 Å². The van der Waals surface area contributed by atoms with E-state index in [0.717, 1.165) is 18.5 Å². The third-order valence-corrected chi connectivity index (χ3v) is 3.96. The molecule has 0 radical (unpaired) electrons. The number of urea groups is 1. The van der Waals surface area contributed by atoms with Crippen LogP contribution in [0.1, 0.15) is 36.6 Å². The summed E-state index contributed by atoms with van der Waals surface area (Å²) < 4.78 is 0. The molecule has 0 bridgehead atoms. The standard InChI is InChI=1S/C18H20N2O/c1-2-13-20-17(15-11-7-4-8-12-15)16(19-18(20)21)14-9-5-3-6-10-14/h3-12,16-17H,2,13H2,1H3,(H,19,21)/t16-,17-/m0/s1. The fourth-order valence-corrected chi connectivity index (χ4v) is 3.03. The number of carbonyl (C=O) groups excluding carboxylic acids is 1. The molecule has 2 amide bonds. The fourth-order valence-electron chi connectivity index (χ4n) is 3.03. The van der Waals surface area contributed by atoms with Gasteiger partial charge in [-0.2, -0.15) is 0 Å². The number of hydrogen-bond acceptors (Lipinski definition) is 1. The first kappa shape index (κ1) is 13.7. The number of carbonyl (C=O) groups is 1. The number of amides is 2. The summed E-state index contributed by atoms with van der Waals surface area (Å²) in [7, 11) is 0. The lowest BCUT2D eigenvalue weighted by Crippen LogP contribution is -2.30. The van der Waals surface area contributed by atoms with Crippen LogP contribution in [-0.4, -0.2) is 17.5 Å². The Morgan fingerprint density at radius 1 is 0.952 bits per heavy atom. The molecular weight excluding hydrogens is 260 g/mol. The van der Waals surface area contributed by atoms with E-state index in [1.807, 2.05) is 41.3 Å². The number of rotatable bonds is 4. The number of nitrogens with zero attached hydrogens (tertiary/aromatic N) is 1. The maximum Gasteiger partial charge on any atom is 0.318 e. The first-order valence-electron chi connectivity index (χ1n) is 7.48. The van der Waals surface area contributed by atoms with Gasteiger partial charge in [0.1, 0.15) is 0 Å². The third-order valence-electron chi connectivity index (χ3n) is 3.96. The van der Waals surface area contributed by atoms with Crippen LogP contribution >= 0.6 is 0 Å². The van der Waals surface area contributed by atoms with Crippen LogP contribution in [0.25, 0.3) is 0 Å². The monoisotopic (exact) mass is 280 g/mol. The summed E-state index contributed by atoms with van der Waals surface area (Å²) >= 11 is 0. The maximum absolute atomic E-state index is 12.3. The van der Waals surface area contributed by atoms with Gasteiger partial charge in [-0.3, -0.25) is 0 Å². The van der Waals surface area contributed by atoms with Crippen molar-refractivity contribution in [3.63, 3.8) is 0 Å². The largest absolute Gasteiger partial charge is 0.329 e. The van der Waals surface area contributed by atoms with E-state index in [1.165, 1.54) is 5.56 Å². The Hall–Kier alpha value is -2.29. The quantitative estimate of drug-likeness (QED) is 0.905. The molecule has 0 spiro atoms. The zero-order valence-corrected chi connectivity index (χ0v) is 12.2. The minimum atomic E-state index is 0.00708. The average molecular weight is 280 g/mol. The third kappa shape index (κ3) is 2.64. The van der Waals surface area contributed by atoms with E-state index in [0.29, 0.717) is 0 Å². The fraction of sp³-hybridized carbons (Fsp3) is 0.278. The topological polar surface area (TPSA) is 32.3 Å². The minimum absolute atomic E-state index is 0.00708. The van der Waals surface area contributed by atoms with Gasteiger partial charge in [0, 0.05) is 6.54 Å². The molecule has 3 rings (SSSR count). The van der Waals surface area contributed by atoms with Crippen molar-refractivity contribution in [2.24, 2.45) is 0 Å². The van der Waals surface area contributed by atoms with E-state index in [4.69, 9.17) is 0 Å². The molecule has 1 fully saturated rings. The molecule has 3 nitrogen and oxygen atoms in total. The summed E-state index contributed by atoms with van der Waals surface area (Å²) in [5.41, 5.74) is 2.33. The molecule has 1 aliphatic rings. The number of benzene rings is 2. The Morgan fingerprint density at radius 2 is 1.52 bits per heavy atom. The molecule has 0 unspecified atom stereocenters. The van der Waals surface area contributed by atoms with Gasteiger partial charge < -0.3 is 10.2 Å². The lowest BCUT2D eigenvalue weighted by atomic mass is 9.94. The summed E-state index contributed by atoms with van der Waals surface area (Å²) in [5.74, 6) is 0. The normalized spacial score (nSPS) is 21.4. The van der Waals surface area contributed by atoms with E-state index >= 15 is 0 Å². The Balaban J connectivity index is 2.01. The lowest BCUT2D eigenvalue weighted by Gasteiger charge is -2.27. The maximum atomic E-state index is 12.3. The van der Waals surface area contributed by atoms with Gasteiger partial charge in [-0.1, -0.05) is 67.6 Å². The van der Waals surface area contributed by atoms with Gasteiger partial charge in [0.15, 0.2) is 0 Å². The molecule has 0 saturated carbocycles. The van der Waals surface area contributed by atoms with Crippen molar-refractivity contribution >= 4 is 6.03 Å². The molecule has 2 aromatic carbocycles. The van der Waals surface area contributed by atoms with Gasteiger partial charge in [-0.15, -0.1) is 0 Å². The van der Waals surface area contributed by atoms with Gasteiger partial charge in [0.05, 0.1) is 12.1 Å². The molecule has 1 heterocycles. The summed E-state index contributed by atoms with van der Waals surface area (Å²) in [4.78, 5) is 14.3. The molecule has 2 aromatic rings. The highest BCUT2D eigenvalue weighted by atomic mass is 16.2. The molecule has 2 atom stereocenters. The van der Waals surface area contributed by atoms with Crippen LogP contribution in [-0.2, 0) is 0 Å². The van der Waals surface area contributed by atoms with Crippen LogP contribution in [0, 0.1) is 0 Å². The van der Waals surface area contributed by atoms with Crippen LogP contribution < -0.4 is 5.32 Å². The second-order valence-electron chi connectivity index (χ2n) is 5.39. The van der Waals surface area contributed by atoms with Crippen molar-refractivity contribution in [3.8, 4) is 0 Å². The summed E-state index contributed by atoms with van der Waals surface area (Å²) in [6.07, 6.45) is 0.957. The molecule has 21 heavy (non-hydrogen) atoms. The minimum Gasteiger partial charge on any atom is -0.329 e. The summed E-state index contributed by atoms with van der Waals surface area (Å²) in [6, 6.07) is 20.6. The van der Waals surface area contributed by atoms with Crippen LogP contribution in [0.3, 0.4) is 0 Å². The highest BCUT2D eigenvalue weighted by molar-refractivity contribution is 5.78. The number of nitrogens with one attached hydrogen (secondary N) is 1. The van der Waals surface area contributed by atoms with E-state index in [2.05, 4.69) is 36.5 Å². The molecule has 108 valence electrons. The highest BCUT2D eigenvalue weighted by Crippen LogP contribution is 2.38. The SMILES string of the molecule is CCCN1C(=O)N[C@@H](c2ccccc2)[C@@H]1c1ccccc1.